The number of carbonyl (C=O) groups excluding carboxylic acids is 1. The molecule has 0 N–H and O–H groups in total. The molecule has 9 heteroatoms. The molecule has 0 aromatic heterocycles. The van der Waals surface area contributed by atoms with Crippen LogP contribution in [0.1, 0.15) is 44.7 Å². The van der Waals surface area contributed by atoms with Gasteiger partial charge in [-0.2, -0.15) is 5.01 Å². The zero-order chi connectivity index (χ0) is 19.7. The third-order valence-electron chi connectivity index (χ3n) is 5.14. The molecule has 2 saturated heterocycles. The molecule has 1 amide bonds. The Labute approximate surface area is 164 Å². The van der Waals surface area contributed by atoms with Crippen LogP contribution in [0.25, 0.3) is 0 Å². The van der Waals surface area contributed by atoms with Gasteiger partial charge >= 0.3 is 11.9 Å². The second-order valence-corrected chi connectivity index (χ2v) is 9.96. The first-order valence-electron chi connectivity index (χ1n) is 9.29. The largest absolute Gasteiger partial charge is 0.485 e. The van der Waals surface area contributed by atoms with Gasteiger partial charge in [0.25, 0.3) is 0 Å². The second-order valence-electron chi connectivity index (χ2n) is 6.83. The molecule has 27 heavy (non-hydrogen) atoms. The Morgan fingerprint density at radius 1 is 1.37 bits per heavy atom. The molecule has 148 valence electrons. The molecule has 1 aromatic carbocycles. The molecule has 0 radical (unpaired) electrons. The first-order valence-corrected chi connectivity index (χ1v) is 11.7. The van der Waals surface area contributed by atoms with Crippen molar-refractivity contribution in [2.24, 2.45) is 0 Å². The van der Waals surface area contributed by atoms with E-state index in [9.17, 15) is 14.1 Å². The van der Waals surface area contributed by atoms with Crippen LogP contribution in [0.4, 0.5) is 4.39 Å². The SMILES string of the molecule is CCC(Oc1cc(C2C(=O)N3CCCCN3[N+]2=O)c(F)cc1Cl)P(C)CC. The van der Waals surface area contributed by atoms with Crippen molar-refractivity contribution in [2.45, 2.75) is 45.0 Å². The van der Waals surface area contributed by atoms with Crippen LogP contribution in [0, 0.1) is 10.7 Å². The van der Waals surface area contributed by atoms with Gasteiger partial charge in [0.1, 0.15) is 24.0 Å². The molecule has 2 aliphatic rings. The van der Waals surface area contributed by atoms with E-state index in [1.807, 2.05) is 6.92 Å². The van der Waals surface area contributed by atoms with Gasteiger partial charge in [-0.1, -0.05) is 33.4 Å². The summed E-state index contributed by atoms with van der Waals surface area (Å²) in [4.78, 5) is 26.0. The molecule has 2 fully saturated rings. The van der Waals surface area contributed by atoms with Crippen LogP contribution in [0.3, 0.4) is 0 Å². The summed E-state index contributed by atoms with van der Waals surface area (Å²) in [7, 11) is -0.365. The number of nitroso groups, excluding NO2 is 1. The fraction of sp³-hybridized carbons (Fsp3) is 0.611. The van der Waals surface area contributed by atoms with Crippen LogP contribution in [-0.4, -0.2) is 52.7 Å². The van der Waals surface area contributed by atoms with Crippen LogP contribution in [0.2, 0.25) is 5.02 Å². The van der Waals surface area contributed by atoms with Crippen molar-refractivity contribution in [3.05, 3.63) is 33.4 Å². The average molecular weight is 417 g/mol. The van der Waals surface area contributed by atoms with Crippen molar-refractivity contribution in [3.63, 3.8) is 0 Å². The Morgan fingerprint density at radius 2 is 2.07 bits per heavy atom. The summed E-state index contributed by atoms with van der Waals surface area (Å²) in [6, 6.07) is 1.32. The normalized spacial score (nSPS) is 22.0. The summed E-state index contributed by atoms with van der Waals surface area (Å²) in [6.45, 7) is 7.21. The summed E-state index contributed by atoms with van der Waals surface area (Å²) in [5.74, 6) is -0.771. The maximum absolute atomic E-state index is 14.7. The van der Waals surface area contributed by atoms with Gasteiger partial charge in [-0.05, 0) is 49.3 Å². The first kappa shape index (κ1) is 20.3. The number of halogens is 2. The van der Waals surface area contributed by atoms with Crippen molar-refractivity contribution < 1.29 is 18.8 Å². The molecule has 0 saturated carbocycles. The Hall–Kier alpha value is -1.46. The van der Waals surface area contributed by atoms with Gasteiger partial charge in [0.2, 0.25) is 0 Å². The number of nitrogens with zero attached hydrogens (tertiary/aromatic N) is 3. The van der Waals surface area contributed by atoms with Crippen molar-refractivity contribution in [1.29, 1.82) is 0 Å². The number of hydrazine groups is 2. The third kappa shape index (κ3) is 3.77. The number of amides is 1. The minimum Gasteiger partial charge on any atom is -0.485 e. The highest BCUT2D eigenvalue weighted by atomic mass is 35.5. The predicted octanol–water partition coefficient (Wildman–Crippen LogP) is 4.31. The smallest absolute Gasteiger partial charge is 0.343 e. The maximum Gasteiger partial charge on any atom is 0.343 e. The number of ether oxygens (including phenoxy) is 1. The minimum atomic E-state index is -1.24. The first-order chi connectivity index (χ1) is 12.9. The summed E-state index contributed by atoms with van der Waals surface area (Å²) in [5, 5.41) is 2.92. The highest BCUT2D eigenvalue weighted by Gasteiger charge is 2.56. The quantitative estimate of drug-likeness (QED) is 0.512. The van der Waals surface area contributed by atoms with Crippen molar-refractivity contribution in [3.8, 4) is 5.75 Å². The topological polar surface area (TPSA) is 52.9 Å². The molecule has 2 aliphatic heterocycles. The molecule has 3 rings (SSSR count). The standard InChI is InChI=1S/C18H25ClFN3O3P/c1-4-16(27(3)5-2)26-15-10-12(14(20)11-13(15)19)17-18(24)21-8-6-7-9-22(21)23(17)25/h10-11,16-17H,4-9H2,1-3H3/q+1. The number of hydrogen-bond donors (Lipinski definition) is 0. The zero-order valence-electron chi connectivity index (χ0n) is 15.8. The van der Waals surface area contributed by atoms with Crippen molar-refractivity contribution >= 4 is 25.4 Å². The predicted molar refractivity (Wildman–Crippen MR) is 104 cm³/mol. The lowest BCUT2D eigenvalue weighted by Crippen LogP contribution is -2.45. The van der Waals surface area contributed by atoms with Crippen LogP contribution < -0.4 is 4.74 Å². The van der Waals surface area contributed by atoms with Crippen LogP contribution in [0.5, 0.6) is 5.75 Å². The lowest BCUT2D eigenvalue weighted by Gasteiger charge is -2.24. The molecule has 0 aliphatic carbocycles. The summed E-state index contributed by atoms with van der Waals surface area (Å²) < 4.78 is 20.7. The lowest BCUT2D eigenvalue weighted by atomic mass is 10.1. The number of carbonyl (C=O) groups is 1. The third-order valence-corrected chi connectivity index (χ3v) is 7.89. The highest BCUT2D eigenvalue weighted by Crippen LogP contribution is 2.42. The maximum atomic E-state index is 14.7. The van der Waals surface area contributed by atoms with Crippen LogP contribution in [-0.2, 0) is 4.79 Å². The van der Waals surface area contributed by atoms with Crippen molar-refractivity contribution in [1.82, 2.24) is 10.1 Å². The van der Waals surface area contributed by atoms with E-state index in [0.29, 0.717) is 23.7 Å². The fourth-order valence-corrected chi connectivity index (χ4v) is 5.00. The minimum absolute atomic E-state index is 0.00980. The van der Waals surface area contributed by atoms with E-state index in [2.05, 4.69) is 13.6 Å². The molecule has 3 atom stereocenters. The summed E-state index contributed by atoms with van der Waals surface area (Å²) in [6.07, 6.45) is 3.45. The molecular formula is C18H25ClFN3O3P+. The van der Waals surface area contributed by atoms with Crippen LogP contribution >= 0.6 is 19.5 Å². The van der Waals surface area contributed by atoms with Crippen molar-refractivity contribution in [2.75, 3.05) is 25.9 Å². The van der Waals surface area contributed by atoms with E-state index in [-0.39, 0.29) is 24.4 Å². The average Bonchev–Trinajstić information content (AvgIpc) is 2.92. The lowest BCUT2D eigenvalue weighted by molar-refractivity contribution is -0.740. The van der Waals surface area contributed by atoms with E-state index < -0.39 is 17.8 Å². The Kier molecular flexibility index (Phi) is 6.21. The van der Waals surface area contributed by atoms with Gasteiger partial charge in [-0.25, -0.2) is 4.39 Å². The van der Waals surface area contributed by atoms with Gasteiger partial charge in [-0.3, -0.25) is 4.79 Å². The number of rotatable bonds is 6. The van der Waals surface area contributed by atoms with Gasteiger partial charge < -0.3 is 4.74 Å². The van der Waals surface area contributed by atoms with E-state index in [4.69, 9.17) is 16.3 Å². The van der Waals surface area contributed by atoms with Gasteiger partial charge in [0.05, 0.1) is 15.5 Å². The van der Waals surface area contributed by atoms with Gasteiger partial charge in [0, 0.05) is 6.54 Å². The van der Waals surface area contributed by atoms with E-state index in [0.717, 1.165) is 31.5 Å². The Balaban J connectivity index is 1.94. The molecule has 0 bridgehead atoms. The Bertz CT molecular complexity index is 727. The molecule has 3 unspecified atom stereocenters. The van der Waals surface area contributed by atoms with E-state index in [1.54, 1.807) is 0 Å². The molecule has 2 heterocycles. The van der Waals surface area contributed by atoms with E-state index in [1.165, 1.54) is 16.2 Å². The van der Waals surface area contributed by atoms with Crippen LogP contribution in [0.15, 0.2) is 12.1 Å². The fourth-order valence-electron chi connectivity index (χ4n) is 3.48. The van der Waals surface area contributed by atoms with E-state index >= 15 is 0 Å². The number of benzene rings is 1. The molecule has 0 spiro atoms. The van der Waals surface area contributed by atoms with Gasteiger partial charge in [0.15, 0.2) is 4.87 Å². The highest BCUT2D eigenvalue weighted by molar-refractivity contribution is 7.57. The molecule has 1 aromatic rings. The molecular weight excluding hydrogens is 392 g/mol. The second kappa shape index (κ2) is 8.27. The molecule has 6 nitrogen and oxygen atoms in total. The zero-order valence-corrected chi connectivity index (χ0v) is 17.5. The summed E-state index contributed by atoms with van der Waals surface area (Å²) >= 11 is 6.20. The Morgan fingerprint density at radius 3 is 2.70 bits per heavy atom. The van der Waals surface area contributed by atoms with Gasteiger partial charge in [-0.15, -0.1) is 0 Å². The monoisotopic (exact) mass is 416 g/mol. The number of hydrogen-bond acceptors (Lipinski definition) is 3. The summed E-state index contributed by atoms with van der Waals surface area (Å²) in [5.41, 5.74) is 0.00980. The number of fused-ring (bicyclic) bond motifs is 1.